The Morgan fingerprint density at radius 2 is 2.12 bits per heavy atom. The average molecular weight is 375 g/mol. The van der Waals surface area contributed by atoms with Gasteiger partial charge in [0.15, 0.2) is 0 Å². The third-order valence-electron chi connectivity index (χ3n) is 3.44. The van der Waals surface area contributed by atoms with Crippen LogP contribution in [-0.4, -0.2) is 41.6 Å². The van der Waals surface area contributed by atoms with Gasteiger partial charge in [-0.25, -0.2) is 0 Å². The molecule has 0 aliphatic heterocycles. The van der Waals surface area contributed by atoms with Gasteiger partial charge in [0.25, 0.3) is 0 Å². The van der Waals surface area contributed by atoms with Gasteiger partial charge in [-0.2, -0.15) is 4.68 Å². The second-order valence-corrected chi connectivity index (χ2v) is 7.63. The molecule has 1 N–H and O–H groups in total. The molecule has 0 aliphatic rings. The van der Waals surface area contributed by atoms with Crippen LogP contribution in [0.5, 0.6) is 0 Å². The Hall–Kier alpha value is -2.33. The van der Waals surface area contributed by atoms with Crippen LogP contribution in [-0.2, 0) is 11.2 Å². The maximum Gasteiger partial charge on any atom is 0.239 e. The van der Waals surface area contributed by atoms with Crippen molar-refractivity contribution in [1.29, 1.82) is 0 Å². The highest BCUT2D eigenvalue weighted by Gasteiger charge is 2.21. The molecule has 130 valence electrons. The third-order valence-corrected chi connectivity index (χ3v) is 5.45. The van der Waals surface area contributed by atoms with Crippen molar-refractivity contribution in [2.45, 2.75) is 37.6 Å². The van der Waals surface area contributed by atoms with Crippen LogP contribution in [0.3, 0.4) is 0 Å². The van der Waals surface area contributed by atoms with Crippen LogP contribution >= 0.6 is 23.1 Å². The minimum atomic E-state index is -0.386. The number of aromatic nitrogens is 6. The Balaban J connectivity index is 1.71. The van der Waals surface area contributed by atoms with E-state index < -0.39 is 0 Å². The molecule has 3 aromatic rings. The zero-order valence-corrected chi connectivity index (χ0v) is 15.6. The summed E-state index contributed by atoms with van der Waals surface area (Å²) in [5.41, 5.74) is 1.94. The molecular weight excluding hydrogens is 358 g/mol. The zero-order valence-electron chi connectivity index (χ0n) is 14.0. The number of rotatable bonds is 6. The Labute approximate surface area is 153 Å². The summed E-state index contributed by atoms with van der Waals surface area (Å²) in [6.07, 6.45) is 0.795. The van der Waals surface area contributed by atoms with Crippen LogP contribution in [0.1, 0.15) is 24.4 Å². The second-order valence-electron chi connectivity index (χ2n) is 5.26. The summed E-state index contributed by atoms with van der Waals surface area (Å²) in [6, 6.07) is 7.81. The predicted molar refractivity (Wildman–Crippen MR) is 97.1 cm³/mol. The van der Waals surface area contributed by atoms with Gasteiger partial charge in [-0.1, -0.05) is 48.2 Å². The van der Waals surface area contributed by atoms with Crippen molar-refractivity contribution in [3.63, 3.8) is 0 Å². The number of nitrogens with one attached hydrogen (secondary N) is 1. The molecule has 0 saturated carbocycles. The minimum Gasteiger partial charge on any atom is -0.300 e. The van der Waals surface area contributed by atoms with Crippen molar-refractivity contribution in [2.24, 2.45) is 0 Å². The lowest BCUT2D eigenvalue weighted by Crippen LogP contribution is -2.22. The van der Waals surface area contributed by atoms with E-state index in [-0.39, 0.29) is 11.2 Å². The summed E-state index contributed by atoms with van der Waals surface area (Å²) >= 11 is 2.67. The smallest absolute Gasteiger partial charge is 0.239 e. The maximum absolute atomic E-state index is 12.4. The van der Waals surface area contributed by atoms with E-state index in [4.69, 9.17) is 0 Å². The molecule has 0 spiro atoms. The highest BCUT2D eigenvalue weighted by molar-refractivity contribution is 8.00. The fourth-order valence-electron chi connectivity index (χ4n) is 2.07. The molecule has 0 unspecified atom stereocenters. The molecule has 10 heteroatoms. The van der Waals surface area contributed by atoms with E-state index in [0.29, 0.717) is 10.3 Å². The van der Waals surface area contributed by atoms with Crippen LogP contribution < -0.4 is 5.32 Å². The van der Waals surface area contributed by atoms with Gasteiger partial charge in [0.2, 0.25) is 16.2 Å². The van der Waals surface area contributed by atoms with E-state index >= 15 is 0 Å². The van der Waals surface area contributed by atoms with E-state index in [1.807, 2.05) is 38.1 Å². The summed E-state index contributed by atoms with van der Waals surface area (Å²) in [5, 5.41) is 24.1. The summed E-state index contributed by atoms with van der Waals surface area (Å²) in [7, 11) is 0. The predicted octanol–water partition coefficient (Wildman–Crippen LogP) is 2.50. The van der Waals surface area contributed by atoms with Gasteiger partial charge in [0.05, 0.1) is 10.9 Å². The monoisotopic (exact) mass is 375 g/mol. The van der Waals surface area contributed by atoms with Crippen LogP contribution in [0.25, 0.3) is 5.69 Å². The van der Waals surface area contributed by atoms with E-state index in [1.165, 1.54) is 23.1 Å². The normalized spacial score (nSPS) is 12.1. The highest BCUT2D eigenvalue weighted by Crippen LogP contribution is 2.25. The lowest BCUT2D eigenvalue weighted by Gasteiger charge is -2.11. The summed E-state index contributed by atoms with van der Waals surface area (Å²) < 4.78 is 1.64. The second kappa shape index (κ2) is 7.70. The molecule has 1 amide bonds. The molecule has 1 aromatic carbocycles. The minimum absolute atomic E-state index is 0.164. The fourth-order valence-corrected chi connectivity index (χ4v) is 3.55. The van der Waals surface area contributed by atoms with Crippen molar-refractivity contribution in [2.75, 3.05) is 5.32 Å². The van der Waals surface area contributed by atoms with Gasteiger partial charge in [-0.3, -0.25) is 10.1 Å². The lowest BCUT2D eigenvalue weighted by atomic mass is 10.2. The van der Waals surface area contributed by atoms with Crippen LogP contribution in [0.15, 0.2) is 29.4 Å². The summed E-state index contributed by atoms with van der Waals surface area (Å²) in [6.45, 7) is 5.79. The molecule has 1 atom stereocenters. The first-order valence-corrected chi connectivity index (χ1v) is 9.42. The van der Waals surface area contributed by atoms with E-state index in [0.717, 1.165) is 22.7 Å². The Kier molecular flexibility index (Phi) is 5.39. The molecule has 0 aliphatic carbocycles. The molecule has 25 heavy (non-hydrogen) atoms. The SMILES string of the molecule is CCc1nnc(NC(=O)[C@@H](C)Sc2nnnn2-c2ccccc2C)s1. The van der Waals surface area contributed by atoms with Crippen molar-refractivity contribution < 1.29 is 4.79 Å². The molecule has 2 heterocycles. The topological polar surface area (TPSA) is 98.5 Å². The van der Waals surface area contributed by atoms with Crippen LogP contribution in [0.2, 0.25) is 0 Å². The lowest BCUT2D eigenvalue weighted by molar-refractivity contribution is -0.115. The number of hydrogen-bond acceptors (Lipinski definition) is 8. The summed E-state index contributed by atoms with van der Waals surface area (Å²) in [4.78, 5) is 12.4. The molecule has 0 fully saturated rings. The third kappa shape index (κ3) is 4.02. The molecule has 2 aromatic heterocycles. The average Bonchev–Trinajstić information content (AvgIpc) is 3.24. The molecule has 8 nitrogen and oxygen atoms in total. The molecule has 0 bridgehead atoms. The van der Waals surface area contributed by atoms with Crippen molar-refractivity contribution >= 4 is 34.1 Å². The molecular formula is C15H17N7OS2. The number of anilines is 1. The first-order chi connectivity index (χ1) is 12.1. The Bertz CT molecular complexity index is 876. The first kappa shape index (κ1) is 17.5. The number of hydrogen-bond donors (Lipinski definition) is 1. The molecule has 0 saturated heterocycles. The number of nitrogens with zero attached hydrogens (tertiary/aromatic N) is 6. The zero-order chi connectivity index (χ0) is 17.8. The van der Waals surface area contributed by atoms with Gasteiger partial charge in [0.1, 0.15) is 5.01 Å². The van der Waals surface area contributed by atoms with Gasteiger partial charge in [0, 0.05) is 0 Å². The van der Waals surface area contributed by atoms with Crippen molar-refractivity contribution in [1.82, 2.24) is 30.4 Å². The van der Waals surface area contributed by atoms with Gasteiger partial charge < -0.3 is 0 Å². The molecule has 3 rings (SSSR count). The Morgan fingerprint density at radius 3 is 2.84 bits per heavy atom. The standard InChI is InChI=1S/C15H17N7OS2/c1-4-12-17-18-14(25-12)16-13(23)10(3)24-15-19-20-21-22(15)11-8-6-5-7-9(11)2/h5-8,10H,4H2,1-3H3,(H,16,18,23)/t10-/m1/s1. The van der Waals surface area contributed by atoms with Crippen LogP contribution in [0, 0.1) is 6.92 Å². The maximum atomic E-state index is 12.4. The number of tetrazole rings is 1. The summed E-state index contributed by atoms with van der Waals surface area (Å²) in [5.74, 6) is -0.164. The number of thioether (sulfide) groups is 1. The molecule has 0 radical (unpaired) electrons. The van der Waals surface area contributed by atoms with Crippen LogP contribution in [0.4, 0.5) is 5.13 Å². The first-order valence-electron chi connectivity index (χ1n) is 7.72. The number of carbonyl (C=O) groups excluding carboxylic acids is 1. The van der Waals surface area contributed by atoms with Gasteiger partial charge in [-0.15, -0.1) is 15.3 Å². The largest absolute Gasteiger partial charge is 0.300 e. The van der Waals surface area contributed by atoms with Gasteiger partial charge in [-0.05, 0) is 42.3 Å². The Morgan fingerprint density at radius 1 is 1.32 bits per heavy atom. The fraction of sp³-hybridized carbons (Fsp3) is 0.333. The number of aryl methyl sites for hydroxylation is 2. The van der Waals surface area contributed by atoms with Crippen molar-refractivity contribution in [3.8, 4) is 5.69 Å². The number of para-hydroxylation sites is 1. The van der Waals surface area contributed by atoms with E-state index in [2.05, 4.69) is 31.0 Å². The number of benzene rings is 1. The number of amides is 1. The quantitative estimate of drug-likeness (QED) is 0.661. The van der Waals surface area contributed by atoms with Gasteiger partial charge >= 0.3 is 0 Å². The van der Waals surface area contributed by atoms with Crippen molar-refractivity contribution in [3.05, 3.63) is 34.8 Å². The highest BCUT2D eigenvalue weighted by atomic mass is 32.2. The van der Waals surface area contributed by atoms with E-state index in [1.54, 1.807) is 11.6 Å². The number of carbonyl (C=O) groups is 1. The van der Waals surface area contributed by atoms with E-state index in [9.17, 15) is 4.79 Å².